The van der Waals surface area contributed by atoms with E-state index in [0.29, 0.717) is 11.5 Å². The van der Waals surface area contributed by atoms with Gasteiger partial charge in [0.25, 0.3) is 0 Å². The summed E-state index contributed by atoms with van der Waals surface area (Å²) >= 11 is 0. The van der Waals surface area contributed by atoms with Gasteiger partial charge < -0.3 is 10.1 Å². The Labute approximate surface area is 76.7 Å². The van der Waals surface area contributed by atoms with Crippen molar-refractivity contribution in [3.05, 3.63) is 0 Å². The van der Waals surface area contributed by atoms with Gasteiger partial charge in [-0.25, -0.2) is 0 Å². The Hall–Kier alpha value is -0.0800. The average molecular weight is 173 g/mol. The molecule has 0 aliphatic rings. The van der Waals surface area contributed by atoms with Crippen LogP contribution in [0.25, 0.3) is 0 Å². The van der Waals surface area contributed by atoms with Crippen molar-refractivity contribution in [3.8, 4) is 0 Å². The first-order valence-corrected chi connectivity index (χ1v) is 4.75. The largest absolute Gasteiger partial charge is 0.382 e. The van der Waals surface area contributed by atoms with Gasteiger partial charge in [0.15, 0.2) is 0 Å². The zero-order valence-corrected chi connectivity index (χ0v) is 9.11. The predicted octanol–water partition coefficient (Wildman–Crippen LogP) is 2.05. The fourth-order valence-corrected chi connectivity index (χ4v) is 1.40. The highest BCUT2D eigenvalue weighted by Gasteiger charge is 2.19. The molecule has 2 nitrogen and oxygen atoms in total. The molecule has 0 amide bonds. The molecular formula is C10H23NO. The lowest BCUT2D eigenvalue weighted by molar-refractivity contribution is 0.0754. The summed E-state index contributed by atoms with van der Waals surface area (Å²) in [5.74, 6) is 0. The van der Waals surface area contributed by atoms with Crippen LogP contribution in [0, 0.1) is 5.41 Å². The summed E-state index contributed by atoms with van der Waals surface area (Å²) in [7, 11) is 1.77. The summed E-state index contributed by atoms with van der Waals surface area (Å²) in [6.45, 7) is 10.9. The van der Waals surface area contributed by atoms with Crippen molar-refractivity contribution in [1.82, 2.24) is 5.32 Å². The second-order valence-corrected chi connectivity index (χ2v) is 4.19. The third kappa shape index (κ3) is 5.56. The molecule has 0 aromatic heterocycles. The van der Waals surface area contributed by atoms with Gasteiger partial charge in [0.1, 0.15) is 0 Å². The molecule has 0 saturated heterocycles. The van der Waals surface area contributed by atoms with Gasteiger partial charge in [-0.2, -0.15) is 0 Å². The van der Waals surface area contributed by atoms with E-state index in [2.05, 4.69) is 33.0 Å². The fourth-order valence-electron chi connectivity index (χ4n) is 1.40. The van der Waals surface area contributed by atoms with Gasteiger partial charge in [-0.15, -0.1) is 0 Å². The molecule has 0 aromatic rings. The summed E-state index contributed by atoms with van der Waals surface area (Å²) in [6, 6.07) is 0. The Bertz CT molecular complexity index is 112. The van der Waals surface area contributed by atoms with Crippen LogP contribution in [0.3, 0.4) is 0 Å². The molecule has 0 aliphatic heterocycles. The van der Waals surface area contributed by atoms with Crippen molar-refractivity contribution in [2.75, 3.05) is 20.2 Å². The first-order valence-electron chi connectivity index (χ1n) is 4.75. The molecule has 1 unspecified atom stereocenters. The average Bonchev–Trinajstić information content (AvgIpc) is 2.00. The molecule has 0 radical (unpaired) electrons. The summed E-state index contributed by atoms with van der Waals surface area (Å²) in [5.41, 5.74) is 0.339. The van der Waals surface area contributed by atoms with Crippen LogP contribution in [-0.4, -0.2) is 26.3 Å². The number of methoxy groups -OCH3 is 1. The molecule has 0 aromatic carbocycles. The highest BCUT2D eigenvalue weighted by Crippen LogP contribution is 2.22. The molecule has 74 valence electrons. The minimum atomic E-state index is 0.339. The Balaban J connectivity index is 3.69. The lowest BCUT2D eigenvalue weighted by atomic mass is 9.87. The van der Waals surface area contributed by atoms with Crippen molar-refractivity contribution in [1.29, 1.82) is 0 Å². The van der Waals surface area contributed by atoms with E-state index >= 15 is 0 Å². The van der Waals surface area contributed by atoms with Crippen LogP contribution in [0.4, 0.5) is 0 Å². The Morgan fingerprint density at radius 3 is 2.42 bits per heavy atom. The van der Waals surface area contributed by atoms with E-state index in [9.17, 15) is 0 Å². The zero-order chi connectivity index (χ0) is 9.61. The number of hydrogen-bond donors (Lipinski definition) is 1. The second-order valence-electron chi connectivity index (χ2n) is 4.19. The zero-order valence-electron chi connectivity index (χ0n) is 9.11. The Morgan fingerprint density at radius 1 is 1.42 bits per heavy atom. The maximum absolute atomic E-state index is 5.24. The van der Waals surface area contributed by atoms with Crippen molar-refractivity contribution < 1.29 is 4.74 Å². The fraction of sp³-hybridized carbons (Fsp3) is 1.00. The van der Waals surface area contributed by atoms with E-state index in [1.165, 1.54) is 0 Å². The van der Waals surface area contributed by atoms with Crippen LogP contribution in [0.1, 0.15) is 34.1 Å². The molecule has 1 N–H and O–H groups in total. The van der Waals surface area contributed by atoms with Crippen molar-refractivity contribution in [2.45, 2.75) is 40.2 Å². The van der Waals surface area contributed by atoms with E-state index in [-0.39, 0.29) is 0 Å². The molecule has 0 aliphatic carbocycles. The van der Waals surface area contributed by atoms with Crippen LogP contribution in [0.15, 0.2) is 0 Å². The lowest BCUT2D eigenvalue weighted by Gasteiger charge is -2.27. The minimum Gasteiger partial charge on any atom is -0.382 e. The number of hydrogen-bond acceptors (Lipinski definition) is 2. The standard InChI is InChI=1S/C10H23NO/c1-6-11-8-10(3,4)7-9(2)12-5/h9,11H,6-8H2,1-5H3. The van der Waals surface area contributed by atoms with Gasteiger partial charge in [0.05, 0.1) is 6.10 Å². The van der Waals surface area contributed by atoms with Crippen LogP contribution in [0.5, 0.6) is 0 Å². The SMILES string of the molecule is CCNCC(C)(C)CC(C)OC. The van der Waals surface area contributed by atoms with E-state index in [1.54, 1.807) is 7.11 Å². The Morgan fingerprint density at radius 2 is 2.00 bits per heavy atom. The summed E-state index contributed by atoms with van der Waals surface area (Å²) in [4.78, 5) is 0. The van der Waals surface area contributed by atoms with Gasteiger partial charge in [0, 0.05) is 13.7 Å². The third-order valence-corrected chi connectivity index (χ3v) is 2.10. The highest BCUT2D eigenvalue weighted by molar-refractivity contribution is 4.73. The first kappa shape index (κ1) is 11.9. The molecular weight excluding hydrogens is 150 g/mol. The first-order chi connectivity index (χ1) is 5.52. The second kappa shape index (κ2) is 5.55. The van der Waals surface area contributed by atoms with Gasteiger partial charge in [0.2, 0.25) is 0 Å². The molecule has 0 spiro atoms. The normalized spacial score (nSPS) is 14.8. The summed E-state index contributed by atoms with van der Waals surface area (Å²) < 4.78 is 5.24. The van der Waals surface area contributed by atoms with E-state index in [4.69, 9.17) is 4.74 Å². The number of nitrogens with one attached hydrogen (secondary N) is 1. The lowest BCUT2D eigenvalue weighted by Crippen LogP contribution is -2.32. The minimum absolute atomic E-state index is 0.339. The molecule has 0 fully saturated rings. The predicted molar refractivity (Wildman–Crippen MR) is 53.4 cm³/mol. The van der Waals surface area contributed by atoms with Crippen LogP contribution in [0.2, 0.25) is 0 Å². The third-order valence-electron chi connectivity index (χ3n) is 2.10. The van der Waals surface area contributed by atoms with Crippen LogP contribution < -0.4 is 5.32 Å². The van der Waals surface area contributed by atoms with E-state index in [0.717, 1.165) is 19.5 Å². The number of rotatable bonds is 6. The van der Waals surface area contributed by atoms with Gasteiger partial charge in [-0.05, 0) is 25.3 Å². The van der Waals surface area contributed by atoms with Crippen molar-refractivity contribution in [3.63, 3.8) is 0 Å². The summed E-state index contributed by atoms with van der Waals surface area (Å²) in [6.07, 6.45) is 1.47. The van der Waals surface area contributed by atoms with Crippen molar-refractivity contribution >= 4 is 0 Å². The van der Waals surface area contributed by atoms with Gasteiger partial charge in [-0.3, -0.25) is 0 Å². The highest BCUT2D eigenvalue weighted by atomic mass is 16.5. The number of ether oxygens (including phenoxy) is 1. The van der Waals surface area contributed by atoms with Gasteiger partial charge >= 0.3 is 0 Å². The smallest absolute Gasteiger partial charge is 0.0548 e. The van der Waals surface area contributed by atoms with Crippen LogP contribution in [-0.2, 0) is 4.74 Å². The van der Waals surface area contributed by atoms with E-state index in [1.807, 2.05) is 0 Å². The quantitative estimate of drug-likeness (QED) is 0.663. The topological polar surface area (TPSA) is 21.3 Å². The molecule has 1 atom stereocenters. The van der Waals surface area contributed by atoms with E-state index < -0.39 is 0 Å². The maximum atomic E-state index is 5.24. The molecule has 0 heterocycles. The molecule has 2 heteroatoms. The maximum Gasteiger partial charge on any atom is 0.0548 e. The molecule has 0 rings (SSSR count). The van der Waals surface area contributed by atoms with Gasteiger partial charge in [-0.1, -0.05) is 20.8 Å². The molecule has 0 bridgehead atoms. The van der Waals surface area contributed by atoms with Crippen LogP contribution >= 0.6 is 0 Å². The monoisotopic (exact) mass is 173 g/mol. The Kier molecular flexibility index (Phi) is 5.51. The molecule has 12 heavy (non-hydrogen) atoms. The van der Waals surface area contributed by atoms with Crippen molar-refractivity contribution in [2.24, 2.45) is 5.41 Å². The summed E-state index contributed by atoms with van der Waals surface area (Å²) in [5, 5.41) is 3.36. The molecule has 0 saturated carbocycles.